The second-order valence-electron chi connectivity index (χ2n) is 3.88. The van der Waals surface area contributed by atoms with E-state index in [-0.39, 0.29) is 13.0 Å². The van der Waals surface area contributed by atoms with Crippen molar-refractivity contribution in [2.45, 2.75) is 25.9 Å². The minimum atomic E-state index is -1.54. The van der Waals surface area contributed by atoms with Crippen molar-refractivity contribution in [3.63, 3.8) is 0 Å². The first-order chi connectivity index (χ1) is 8.04. The van der Waals surface area contributed by atoms with Gasteiger partial charge in [-0.3, -0.25) is 4.79 Å². The molecule has 0 rings (SSSR count). The lowest BCUT2D eigenvalue weighted by atomic mass is 10.1. The Morgan fingerprint density at radius 3 is 1.83 bits per heavy atom. The number of nitrogens with one attached hydrogen (secondary N) is 1. The van der Waals surface area contributed by atoms with Crippen LogP contribution in [0.1, 0.15) is 20.3 Å². The Morgan fingerprint density at radius 1 is 1.22 bits per heavy atom. The van der Waals surface area contributed by atoms with Gasteiger partial charge in [0.25, 0.3) is 0 Å². The maximum Gasteiger partial charge on any atom is 0.335 e. The first-order valence-corrected chi connectivity index (χ1v) is 5.17. The van der Waals surface area contributed by atoms with Crippen LogP contribution >= 0.6 is 0 Å². The molecule has 2 amide bonds. The summed E-state index contributed by atoms with van der Waals surface area (Å²) in [5, 5.41) is 27.3. The van der Waals surface area contributed by atoms with Crippen molar-refractivity contribution < 1.29 is 29.7 Å². The molecule has 0 heterocycles. The molecule has 0 radical (unpaired) electrons. The number of nitrogens with zero attached hydrogens (tertiary/aromatic N) is 1. The molecule has 0 saturated carbocycles. The summed E-state index contributed by atoms with van der Waals surface area (Å²) in [5.41, 5.74) is -1.54. The second kappa shape index (κ2) is 8.29. The molecule has 4 N–H and O–H groups in total. The number of urea groups is 1. The van der Waals surface area contributed by atoms with E-state index in [1.54, 1.807) is 6.92 Å². The number of carbonyl (C=O) groups is 3. The predicted molar refractivity (Wildman–Crippen MR) is 63.3 cm³/mol. The van der Waals surface area contributed by atoms with E-state index in [0.29, 0.717) is 0 Å². The highest BCUT2D eigenvalue weighted by molar-refractivity contribution is 5.79. The van der Waals surface area contributed by atoms with E-state index in [0.717, 1.165) is 0 Å². The summed E-state index contributed by atoms with van der Waals surface area (Å²) in [5.74, 6) is -2.21. The maximum atomic E-state index is 10.6. The average Bonchev–Trinajstić information content (AvgIpc) is 2.26. The Kier molecular flexibility index (Phi) is 8.53. The zero-order valence-electron chi connectivity index (χ0n) is 10.9. The van der Waals surface area contributed by atoms with E-state index in [2.05, 4.69) is 5.32 Å². The molecule has 0 saturated heterocycles. The van der Waals surface area contributed by atoms with Crippen molar-refractivity contribution in [3.8, 4) is 0 Å². The summed E-state index contributed by atoms with van der Waals surface area (Å²) in [6.45, 7) is 2.56. The van der Waals surface area contributed by atoms with E-state index < -0.39 is 23.6 Å². The van der Waals surface area contributed by atoms with Gasteiger partial charge >= 0.3 is 18.0 Å². The number of carboxylic acids is 2. The van der Waals surface area contributed by atoms with Gasteiger partial charge in [0.15, 0.2) is 5.60 Å². The quantitative estimate of drug-likeness (QED) is 0.546. The van der Waals surface area contributed by atoms with E-state index in [1.165, 1.54) is 25.9 Å². The molecule has 18 heavy (non-hydrogen) atoms. The highest BCUT2D eigenvalue weighted by Gasteiger charge is 2.26. The van der Waals surface area contributed by atoms with Crippen LogP contribution in [0.4, 0.5) is 4.79 Å². The van der Waals surface area contributed by atoms with Gasteiger partial charge in [-0.25, -0.2) is 9.59 Å². The second-order valence-corrected chi connectivity index (χ2v) is 3.88. The molecule has 0 aliphatic heterocycles. The highest BCUT2D eigenvalue weighted by Crippen LogP contribution is 2.06. The van der Waals surface area contributed by atoms with Gasteiger partial charge in [0.05, 0.1) is 0 Å². The van der Waals surface area contributed by atoms with Crippen molar-refractivity contribution in [2.75, 3.05) is 20.6 Å². The van der Waals surface area contributed by atoms with Crippen LogP contribution in [-0.2, 0) is 9.59 Å². The van der Waals surface area contributed by atoms with Crippen LogP contribution < -0.4 is 5.32 Å². The largest absolute Gasteiger partial charge is 0.480 e. The summed E-state index contributed by atoms with van der Waals surface area (Å²) in [6, 6.07) is -0.401. The van der Waals surface area contributed by atoms with E-state index in [4.69, 9.17) is 15.3 Å². The third-order valence-corrected chi connectivity index (χ3v) is 1.95. The lowest BCUT2D eigenvalue weighted by Crippen LogP contribution is -2.37. The molecular formula is C10H20N2O6. The third kappa shape index (κ3) is 9.40. The summed E-state index contributed by atoms with van der Waals surface area (Å²) in [7, 11) is 3.08. The Hall–Kier alpha value is -1.83. The van der Waals surface area contributed by atoms with Crippen molar-refractivity contribution in [1.29, 1.82) is 0 Å². The average molecular weight is 264 g/mol. The zero-order chi connectivity index (χ0) is 14.9. The van der Waals surface area contributed by atoms with Gasteiger partial charge in [0.2, 0.25) is 0 Å². The number of aliphatic hydroxyl groups is 1. The van der Waals surface area contributed by atoms with Crippen molar-refractivity contribution >= 4 is 18.0 Å². The smallest absolute Gasteiger partial charge is 0.335 e. The molecule has 8 heteroatoms. The number of amides is 2. The monoisotopic (exact) mass is 264 g/mol. The number of rotatable bonds is 4. The van der Waals surface area contributed by atoms with E-state index in [1.807, 2.05) is 0 Å². The van der Waals surface area contributed by atoms with Gasteiger partial charge < -0.3 is 25.5 Å². The maximum absolute atomic E-state index is 10.6. The minimum absolute atomic E-state index is 0.238. The molecule has 106 valence electrons. The summed E-state index contributed by atoms with van der Waals surface area (Å²) in [4.78, 5) is 31.8. The number of carbonyl (C=O) groups excluding carboxylic acids is 1. The third-order valence-electron chi connectivity index (χ3n) is 1.95. The predicted octanol–water partition coefficient (Wildman–Crippen LogP) is -0.426. The minimum Gasteiger partial charge on any atom is -0.480 e. The molecule has 0 aromatic heterocycles. The Bertz CT molecular complexity index is 301. The molecule has 0 aromatic carbocycles. The molecule has 8 nitrogen and oxygen atoms in total. The fraction of sp³-hybridized carbons (Fsp3) is 0.700. The summed E-state index contributed by atoms with van der Waals surface area (Å²) < 4.78 is 0. The lowest BCUT2D eigenvalue weighted by Gasteiger charge is -2.13. The van der Waals surface area contributed by atoms with Crippen LogP contribution in [0, 0.1) is 0 Å². The van der Waals surface area contributed by atoms with E-state index >= 15 is 0 Å². The number of aliphatic carboxylic acids is 2. The van der Waals surface area contributed by atoms with Gasteiger partial charge in [0.1, 0.15) is 6.54 Å². The van der Waals surface area contributed by atoms with Crippen LogP contribution in [-0.4, -0.2) is 64.4 Å². The normalized spacial score (nSPS) is 12.5. The van der Waals surface area contributed by atoms with Gasteiger partial charge in [-0.05, 0) is 13.3 Å². The van der Waals surface area contributed by atoms with Crippen LogP contribution in [0.5, 0.6) is 0 Å². The topological polar surface area (TPSA) is 127 Å². The summed E-state index contributed by atoms with van der Waals surface area (Å²) in [6.07, 6.45) is 0.238. The molecule has 0 aliphatic carbocycles. The molecule has 0 bridgehead atoms. The van der Waals surface area contributed by atoms with Gasteiger partial charge in [-0.15, -0.1) is 0 Å². The van der Waals surface area contributed by atoms with Crippen molar-refractivity contribution in [2.24, 2.45) is 0 Å². The molecule has 1 atom stereocenters. The van der Waals surface area contributed by atoms with Gasteiger partial charge in [-0.2, -0.15) is 0 Å². The molecule has 1 unspecified atom stereocenters. The molecule has 0 aromatic rings. The molecule has 0 spiro atoms. The first kappa shape index (κ1) is 18.5. The van der Waals surface area contributed by atoms with E-state index in [9.17, 15) is 14.4 Å². The van der Waals surface area contributed by atoms with Crippen molar-refractivity contribution in [1.82, 2.24) is 10.2 Å². The first-order valence-electron chi connectivity index (χ1n) is 5.17. The number of hydrogen-bond donors (Lipinski definition) is 4. The highest BCUT2D eigenvalue weighted by atomic mass is 16.4. The Labute approximate surface area is 105 Å². The Balaban J connectivity index is 0. The zero-order valence-corrected chi connectivity index (χ0v) is 10.9. The van der Waals surface area contributed by atoms with Crippen LogP contribution in [0.25, 0.3) is 0 Å². The fourth-order valence-corrected chi connectivity index (χ4v) is 0.461. The van der Waals surface area contributed by atoms with Gasteiger partial charge in [-0.1, -0.05) is 6.92 Å². The van der Waals surface area contributed by atoms with Crippen LogP contribution in [0.2, 0.25) is 0 Å². The number of carboxylic acid groups (broad SMARTS) is 2. The molecule has 0 fully saturated rings. The van der Waals surface area contributed by atoms with Gasteiger partial charge in [0, 0.05) is 14.1 Å². The number of hydrogen-bond acceptors (Lipinski definition) is 4. The van der Waals surface area contributed by atoms with Crippen LogP contribution in [0.15, 0.2) is 0 Å². The SMILES string of the molecule is CCC(C)(O)C(=O)O.CN(C)C(=O)NCC(=O)O. The Morgan fingerprint density at radius 2 is 1.67 bits per heavy atom. The fourth-order valence-electron chi connectivity index (χ4n) is 0.461. The lowest BCUT2D eigenvalue weighted by molar-refractivity contribution is -0.156. The van der Waals surface area contributed by atoms with Crippen molar-refractivity contribution in [3.05, 3.63) is 0 Å². The molecule has 0 aliphatic rings. The van der Waals surface area contributed by atoms with Crippen LogP contribution in [0.3, 0.4) is 0 Å². The molecular weight excluding hydrogens is 244 g/mol. The standard InChI is InChI=1S/C5H10N2O3.C5H10O3/c1-7(2)5(10)6-3-4(8)9;1-3-5(2,8)4(6)7/h3H2,1-2H3,(H,6,10)(H,8,9);8H,3H2,1-2H3,(H,6,7). The summed E-state index contributed by atoms with van der Waals surface area (Å²) >= 11 is 0.